The fourth-order valence-corrected chi connectivity index (χ4v) is 3.34. The zero-order valence-electron chi connectivity index (χ0n) is 14.2. The summed E-state index contributed by atoms with van der Waals surface area (Å²) in [6, 6.07) is 10.9. The molecule has 128 valence electrons. The standard InChI is InChI=1S/C19H23NO3S/c1-4-15(11-21)20-19(23)14-7-5-13(6-8-14)16-9-10-17(24-16)18(22)12(2)3/h5-10,12,15,21H,4,11H2,1-3H3,(H,20,23)/t15-/m0/s1. The first-order valence-electron chi connectivity index (χ1n) is 8.12. The molecule has 0 saturated heterocycles. The third-order valence-electron chi connectivity index (χ3n) is 3.85. The summed E-state index contributed by atoms with van der Waals surface area (Å²) in [6.07, 6.45) is 0.683. The number of aliphatic hydroxyl groups excluding tert-OH is 1. The summed E-state index contributed by atoms with van der Waals surface area (Å²) in [5, 5.41) is 12.0. The molecule has 0 bridgehead atoms. The molecular weight excluding hydrogens is 322 g/mol. The van der Waals surface area contributed by atoms with Gasteiger partial charge < -0.3 is 10.4 Å². The van der Waals surface area contributed by atoms with Crippen molar-refractivity contribution in [3.05, 3.63) is 46.8 Å². The van der Waals surface area contributed by atoms with Gasteiger partial charge in [0.25, 0.3) is 5.91 Å². The van der Waals surface area contributed by atoms with Crippen LogP contribution in [0.4, 0.5) is 0 Å². The number of hydrogen-bond acceptors (Lipinski definition) is 4. The van der Waals surface area contributed by atoms with Gasteiger partial charge in [-0.25, -0.2) is 0 Å². The van der Waals surface area contributed by atoms with Crippen molar-refractivity contribution in [3.63, 3.8) is 0 Å². The van der Waals surface area contributed by atoms with Crippen molar-refractivity contribution < 1.29 is 14.7 Å². The number of Topliss-reactive ketones (excluding diaryl/α,β-unsaturated/α-hetero) is 1. The molecule has 2 rings (SSSR count). The molecule has 24 heavy (non-hydrogen) atoms. The molecule has 1 heterocycles. The molecule has 2 aromatic rings. The predicted molar refractivity (Wildman–Crippen MR) is 97.6 cm³/mol. The lowest BCUT2D eigenvalue weighted by Crippen LogP contribution is -2.36. The van der Waals surface area contributed by atoms with Crippen molar-refractivity contribution in [2.24, 2.45) is 5.92 Å². The van der Waals surface area contributed by atoms with Crippen LogP contribution in [0.3, 0.4) is 0 Å². The number of hydrogen-bond donors (Lipinski definition) is 2. The highest BCUT2D eigenvalue weighted by atomic mass is 32.1. The quantitative estimate of drug-likeness (QED) is 0.751. The molecule has 0 aliphatic carbocycles. The monoisotopic (exact) mass is 345 g/mol. The average Bonchev–Trinajstić information content (AvgIpc) is 3.08. The van der Waals surface area contributed by atoms with Gasteiger partial charge in [-0.05, 0) is 36.2 Å². The van der Waals surface area contributed by atoms with Gasteiger partial charge in [0.05, 0.1) is 17.5 Å². The van der Waals surface area contributed by atoms with Gasteiger partial charge in [-0.2, -0.15) is 0 Å². The topological polar surface area (TPSA) is 66.4 Å². The first-order valence-corrected chi connectivity index (χ1v) is 8.94. The van der Waals surface area contributed by atoms with E-state index in [4.69, 9.17) is 5.11 Å². The van der Waals surface area contributed by atoms with Gasteiger partial charge in [-0.15, -0.1) is 11.3 Å². The second kappa shape index (κ2) is 8.22. The Balaban J connectivity index is 2.12. The number of aliphatic hydroxyl groups is 1. The van der Waals surface area contributed by atoms with Crippen molar-refractivity contribution in [1.29, 1.82) is 0 Å². The lowest BCUT2D eigenvalue weighted by atomic mass is 10.1. The first-order chi connectivity index (χ1) is 11.5. The van der Waals surface area contributed by atoms with E-state index in [2.05, 4.69) is 5.32 Å². The SMILES string of the molecule is CC[C@@H](CO)NC(=O)c1ccc(-c2ccc(C(=O)C(C)C)s2)cc1. The van der Waals surface area contributed by atoms with E-state index in [-0.39, 0.29) is 30.3 Å². The minimum Gasteiger partial charge on any atom is -0.394 e. The van der Waals surface area contributed by atoms with E-state index in [9.17, 15) is 9.59 Å². The van der Waals surface area contributed by atoms with Crippen LogP contribution in [-0.4, -0.2) is 29.4 Å². The Morgan fingerprint density at radius 3 is 2.33 bits per heavy atom. The predicted octanol–water partition coefficient (Wildman–Crippen LogP) is 3.75. The highest BCUT2D eigenvalue weighted by Gasteiger charge is 2.14. The number of carbonyl (C=O) groups is 2. The average molecular weight is 345 g/mol. The molecule has 0 aliphatic rings. The first kappa shape index (κ1) is 18.4. The van der Waals surface area contributed by atoms with Crippen LogP contribution in [0.25, 0.3) is 10.4 Å². The molecule has 1 amide bonds. The summed E-state index contributed by atoms with van der Waals surface area (Å²) in [7, 11) is 0. The number of thiophene rings is 1. The Kier molecular flexibility index (Phi) is 6.29. The minimum absolute atomic E-state index is 0.0133. The van der Waals surface area contributed by atoms with E-state index in [1.54, 1.807) is 12.1 Å². The highest BCUT2D eigenvalue weighted by molar-refractivity contribution is 7.17. The molecule has 1 aromatic carbocycles. The van der Waals surface area contributed by atoms with Crippen molar-refractivity contribution in [1.82, 2.24) is 5.32 Å². The van der Waals surface area contributed by atoms with Crippen molar-refractivity contribution in [2.75, 3.05) is 6.61 Å². The van der Waals surface area contributed by atoms with Crippen LogP contribution in [0.1, 0.15) is 47.2 Å². The maximum atomic E-state index is 12.1. The highest BCUT2D eigenvalue weighted by Crippen LogP contribution is 2.29. The largest absolute Gasteiger partial charge is 0.394 e. The van der Waals surface area contributed by atoms with E-state index in [1.807, 2.05) is 45.0 Å². The van der Waals surface area contributed by atoms with Gasteiger partial charge in [-0.3, -0.25) is 9.59 Å². The Morgan fingerprint density at radius 1 is 1.12 bits per heavy atom. The van der Waals surface area contributed by atoms with Gasteiger partial charge in [0.1, 0.15) is 0 Å². The molecule has 0 aliphatic heterocycles. The molecule has 4 nitrogen and oxygen atoms in total. The summed E-state index contributed by atoms with van der Waals surface area (Å²) < 4.78 is 0. The summed E-state index contributed by atoms with van der Waals surface area (Å²) in [5.74, 6) is -0.0539. The summed E-state index contributed by atoms with van der Waals surface area (Å²) in [5.41, 5.74) is 1.54. The van der Waals surface area contributed by atoms with E-state index >= 15 is 0 Å². The Bertz CT molecular complexity index is 700. The van der Waals surface area contributed by atoms with Gasteiger partial charge in [0.15, 0.2) is 5.78 Å². The summed E-state index contributed by atoms with van der Waals surface area (Å²) in [6.45, 7) is 5.63. The van der Waals surface area contributed by atoms with E-state index in [0.717, 1.165) is 15.3 Å². The van der Waals surface area contributed by atoms with Gasteiger partial charge in [-0.1, -0.05) is 32.9 Å². The molecule has 1 atom stereocenters. The number of benzene rings is 1. The minimum atomic E-state index is -0.223. The Morgan fingerprint density at radius 2 is 1.79 bits per heavy atom. The molecule has 0 fully saturated rings. The molecule has 0 radical (unpaired) electrons. The van der Waals surface area contributed by atoms with Crippen molar-refractivity contribution >= 4 is 23.0 Å². The third-order valence-corrected chi connectivity index (χ3v) is 5.00. The van der Waals surface area contributed by atoms with Crippen LogP contribution in [0.15, 0.2) is 36.4 Å². The molecule has 5 heteroatoms. The number of carbonyl (C=O) groups excluding carboxylic acids is 2. The normalized spacial score (nSPS) is 12.2. The second-order valence-electron chi connectivity index (χ2n) is 6.02. The smallest absolute Gasteiger partial charge is 0.251 e. The maximum absolute atomic E-state index is 12.1. The Labute approximate surface area is 146 Å². The number of ketones is 1. The molecule has 2 N–H and O–H groups in total. The maximum Gasteiger partial charge on any atom is 0.251 e. The number of rotatable bonds is 7. The van der Waals surface area contributed by atoms with Gasteiger partial charge in [0.2, 0.25) is 0 Å². The Hall–Kier alpha value is -1.98. The fraction of sp³-hybridized carbons (Fsp3) is 0.368. The number of nitrogens with one attached hydrogen (secondary N) is 1. The zero-order valence-corrected chi connectivity index (χ0v) is 15.0. The lowest BCUT2D eigenvalue weighted by Gasteiger charge is -2.14. The number of amides is 1. The van der Waals surface area contributed by atoms with Crippen molar-refractivity contribution in [2.45, 2.75) is 33.2 Å². The van der Waals surface area contributed by atoms with Crippen LogP contribution in [-0.2, 0) is 0 Å². The molecule has 1 aromatic heterocycles. The summed E-state index contributed by atoms with van der Waals surface area (Å²) >= 11 is 1.47. The molecule has 0 saturated carbocycles. The van der Waals surface area contributed by atoms with Crippen LogP contribution in [0.5, 0.6) is 0 Å². The van der Waals surface area contributed by atoms with Gasteiger partial charge in [0, 0.05) is 16.4 Å². The van der Waals surface area contributed by atoms with Crippen LogP contribution < -0.4 is 5.32 Å². The van der Waals surface area contributed by atoms with Crippen molar-refractivity contribution in [3.8, 4) is 10.4 Å². The van der Waals surface area contributed by atoms with E-state index < -0.39 is 0 Å². The third kappa shape index (κ3) is 4.30. The van der Waals surface area contributed by atoms with E-state index in [1.165, 1.54) is 11.3 Å². The van der Waals surface area contributed by atoms with Crippen LogP contribution in [0, 0.1) is 5.92 Å². The second-order valence-corrected chi connectivity index (χ2v) is 7.11. The zero-order chi connectivity index (χ0) is 17.7. The molecule has 0 spiro atoms. The van der Waals surface area contributed by atoms with E-state index in [0.29, 0.717) is 12.0 Å². The molecule has 0 unspecified atom stereocenters. The van der Waals surface area contributed by atoms with Gasteiger partial charge >= 0.3 is 0 Å². The lowest BCUT2D eigenvalue weighted by molar-refractivity contribution is 0.0913. The molecular formula is C19H23NO3S. The van der Waals surface area contributed by atoms with Crippen LogP contribution in [0.2, 0.25) is 0 Å². The van der Waals surface area contributed by atoms with Crippen LogP contribution >= 0.6 is 11.3 Å². The summed E-state index contributed by atoms with van der Waals surface area (Å²) in [4.78, 5) is 25.9. The fourth-order valence-electron chi connectivity index (χ4n) is 2.24.